The van der Waals surface area contributed by atoms with Gasteiger partial charge in [0.25, 0.3) is 5.91 Å². The molecule has 0 bridgehead atoms. The Balaban J connectivity index is 1.32. The van der Waals surface area contributed by atoms with Crippen LogP contribution < -0.4 is 10.1 Å². The van der Waals surface area contributed by atoms with E-state index in [1.165, 1.54) is 12.1 Å². The Labute approximate surface area is 190 Å². The summed E-state index contributed by atoms with van der Waals surface area (Å²) in [6, 6.07) is 19.1. The second-order valence-electron chi connectivity index (χ2n) is 7.41. The Hall–Kier alpha value is -3.64. The van der Waals surface area contributed by atoms with Gasteiger partial charge < -0.3 is 10.1 Å². The fourth-order valence-electron chi connectivity index (χ4n) is 3.17. The van der Waals surface area contributed by atoms with Crippen molar-refractivity contribution in [2.75, 3.05) is 5.32 Å². The van der Waals surface area contributed by atoms with Crippen molar-refractivity contribution in [1.29, 1.82) is 0 Å². The van der Waals surface area contributed by atoms with E-state index >= 15 is 0 Å². The lowest BCUT2D eigenvalue weighted by atomic mass is 10.1. The highest BCUT2D eigenvalue weighted by Crippen LogP contribution is 2.22. The van der Waals surface area contributed by atoms with Gasteiger partial charge in [0.2, 0.25) is 0 Å². The number of nitrogens with one attached hydrogen (secondary N) is 1. The summed E-state index contributed by atoms with van der Waals surface area (Å²) in [4.78, 5) is 12.5. The molecular weight excluding hydrogens is 429 g/mol. The van der Waals surface area contributed by atoms with Gasteiger partial charge in [0.05, 0.1) is 18.4 Å². The molecule has 0 saturated heterocycles. The maximum atomic E-state index is 13.3. The molecule has 1 N–H and O–H groups in total. The fraction of sp³-hybridized carbons (Fsp3) is 0.120. The van der Waals surface area contributed by atoms with Gasteiger partial charge in [0.15, 0.2) is 0 Å². The molecule has 0 radical (unpaired) electrons. The third-order valence-corrected chi connectivity index (χ3v) is 5.30. The van der Waals surface area contributed by atoms with Crippen LogP contribution in [0.2, 0.25) is 5.02 Å². The first-order valence-corrected chi connectivity index (χ1v) is 10.4. The molecule has 0 aliphatic heterocycles. The molecule has 0 atom stereocenters. The van der Waals surface area contributed by atoms with Gasteiger partial charge in [-0.1, -0.05) is 35.9 Å². The molecule has 0 saturated carbocycles. The standard InChI is InChI=1S/C25H21ClFN3O2/c1-17-11-23(9-10-24(17)26)32-16-18-5-7-20(8-6-18)25(31)29-22-13-28-30(15-22)14-19-3-2-4-21(27)12-19/h2-13,15H,14,16H2,1H3,(H,29,31). The van der Waals surface area contributed by atoms with Crippen molar-refractivity contribution in [2.45, 2.75) is 20.1 Å². The summed E-state index contributed by atoms with van der Waals surface area (Å²) in [5, 5.41) is 7.75. The zero-order valence-electron chi connectivity index (χ0n) is 17.4. The molecule has 32 heavy (non-hydrogen) atoms. The van der Waals surface area contributed by atoms with E-state index in [2.05, 4.69) is 10.4 Å². The molecule has 162 valence electrons. The molecule has 0 aliphatic rings. The maximum Gasteiger partial charge on any atom is 0.255 e. The predicted octanol–water partition coefficient (Wildman–Crippen LogP) is 5.86. The number of aromatic nitrogens is 2. The Morgan fingerprint density at radius 1 is 1.09 bits per heavy atom. The van der Waals surface area contributed by atoms with E-state index in [-0.39, 0.29) is 11.7 Å². The van der Waals surface area contributed by atoms with E-state index in [0.717, 1.165) is 22.4 Å². The quantitative estimate of drug-likeness (QED) is 0.384. The second kappa shape index (κ2) is 9.66. The number of rotatable bonds is 7. The highest BCUT2D eigenvalue weighted by Gasteiger charge is 2.09. The van der Waals surface area contributed by atoms with Crippen LogP contribution in [0.4, 0.5) is 10.1 Å². The fourth-order valence-corrected chi connectivity index (χ4v) is 3.28. The lowest BCUT2D eigenvalue weighted by Gasteiger charge is -2.09. The normalized spacial score (nSPS) is 10.7. The number of carbonyl (C=O) groups is 1. The molecule has 1 aromatic heterocycles. The summed E-state index contributed by atoms with van der Waals surface area (Å²) in [6.45, 7) is 2.72. The van der Waals surface area contributed by atoms with Crippen LogP contribution in [0.25, 0.3) is 0 Å². The molecule has 0 aliphatic carbocycles. The van der Waals surface area contributed by atoms with Crippen molar-refractivity contribution in [3.63, 3.8) is 0 Å². The number of nitrogens with zero attached hydrogens (tertiary/aromatic N) is 2. The molecule has 3 aromatic carbocycles. The molecule has 0 fully saturated rings. The number of benzene rings is 3. The van der Waals surface area contributed by atoms with Gasteiger partial charge in [-0.25, -0.2) is 4.39 Å². The lowest BCUT2D eigenvalue weighted by Crippen LogP contribution is -2.11. The molecule has 7 heteroatoms. The number of aryl methyl sites for hydroxylation is 1. The zero-order chi connectivity index (χ0) is 22.5. The molecule has 4 aromatic rings. The first-order valence-electron chi connectivity index (χ1n) is 10.0. The SMILES string of the molecule is Cc1cc(OCc2ccc(C(=O)Nc3cnn(Cc4cccc(F)c4)c3)cc2)ccc1Cl. The summed E-state index contributed by atoms with van der Waals surface area (Å²) in [5.41, 5.74) is 3.77. The van der Waals surface area contributed by atoms with Crippen molar-refractivity contribution in [3.8, 4) is 5.75 Å². The third-order valence-electron chi connectivity index (χ3n) is 4.88. The van der Waals surface area contributed by atoms with Gasteiger partial charge in [-0.2, -0.15) is 5.10 Å². The number of carbonyl (C=O) groups excluding carboxylic acids is 1. The molecule has 0 spiro atoms. The Morgan fingerprint density at radius 3 is 2.66 bits per heavy atom. The van der Waals surface area contributed by atoms with E-state index in [9.17, 15) is 9.18 Å². The van der Waals surface area contributed by atoms with E-state index in [0.29, 0.717) is 29.4 Å². The van der Waals surface area contributed by atoms with Crippen LogP contribution >= 0.6 is 11.6 Å². The summed E-state index contributed by atoms with van der Waals surface area (Å²) >= 11 is 6.03. The van der Waals surface area contributed by atoms with E-state index in [4.69, 9.17) is 16.3 Å². The average Bonchev–Trinajstić information content (AvgIpc) is 3.21. The van der Waals surface area contributed by atoms with Crippen molar-refractivity contribution < 1.29 is 13.9 Å². The van der Waals surface area contributed by atoms with Crippen molar-refractivity contribution in [3.05, 3.63) is 112 Å². The maximum absolute atomic E-state index is 13.3. The molecular formula is C25H21ClFN3O2. The largest absolute Gasteiger partial charge is 0.489 e. The monoisotopic (exact) mass is 449 g/mol. The summed E-state index contributed by atoms with van der Waals surface area (Å²) < 4.78 is 20.8. The van der Waals surface area contributed by atoms with Crippen LogP contribution in [-0.4, -0.2) is 15.7 Å². The Morgan fingerprint density at radius 2 is 1.91 bits per heavy atom. The third kappa shape index (κ3) is 5.53. The first kappa shape index (κ1) is 21.6. The number of halogens is 2. The summed E-state index contributed by atoms with van der Waals surface area (Å²) in [5.74, 6) is 0.209. The predicted molar refractivity (Wildman–Crippen MR) is 123 cm³/mol. The number of hydrogen-bond donors (Lipinski definition) is 1. The van der Waals surface area contributed by atoms with Crippen LogP contribution in [0.5, 0.6) is 5.75 Å². The summed E-state index contributed by atoms with van der Waals surface area (Å²) in [7, 11) is 0. The van der Waals surface area contributed by atoms with Crippen LogP contribution in [0.15, 0.2) is 79.1 Å². The first-order chi connectivity index (χ1) is 15.5. The van der Waals surface area contributed by atoms with Gasteiger partial charge in [-0.3, -0.25) is 9.48 Å². The van der Waals surface area contributed by atoms with Gasteiger partial charge in [-0.15, -0.1) is 0 Å². The number of amides is 1. The van der Waals surface area contributed by atoms with Crippen molar-refractivity contribution in [1.82, 2.24) is 9.78 Å². The van der Waals surface area contributed by atoms with E-state index < -0.39 is 0 Å². The highest BCUT2D eigenvalue weighted by molar-refractivity contribution is 6.31. The van der Waals surface area contributed by atoms with Gasteiger partial charge >= 0.3 is 0 Å². The molecule has 4 rings (SSSR count). The van der Waals surface area contributed by atoms with Crippen LogP contribution in [0.1, 0.15) is 27.0 Å². The minimum Gasteiger partial charge on any atom is -0.489 e. The van der Waals surface area contributed by atoms with Crippen molar-refractivity contribution >= 4 is 23.2 Å². The minimum atomic E-state index is -0.291. The molecule has 0 unspecified atom stereocenters. The molecule has 1 amide bonds. The highest BCUT2D eigenvalue weighted by atomic mass is 35.5. The van der Waals surface area contributed by atoms with Gasteiger partial charge in [-0.05, 0) is 66.1 Å². The number of hydrogen-bond acceptors (Lipinski definition) is 3. The van der Waals surface area contributed by atoms with Crippen LogP contribution in [-0.2, 0) is 13.2 Å². The topological polar surface area (TPSA) is 56.1 Å². The molecule has 5 nitrogen and oxygen atoms in total. The number of anilines is 1. The van der Waals surface area contributed by atoms with Gasteiger partial charge in [0.1, 0.15) is 18.2 Å². The number of ether oxygens (including phenoxy) is 1. The smallest absolute Gasteiger partial charge is 0.255 e. The van der Waals surface area contributed by atoms with E-state index in [1.807, 2.05) is 37.3 Å². The van der Waals surface area contributed by atoms with E-state index in [1.54, 1.807) is 41.3 Å². The minimum absolute atomic E-state index is 0.240. The average molecular weight is 450 g/mol. The van der Waals surface area contributed by atoms with Crippen molar-refractivity contribution in [2.24, 2.45) is 0 Å². The second-order valence-corrected chi connectivity index (χ2v) is 7.81. The Bertz CT molecular complexity index is 1240. The zero-order valence-corrected chi connectivity index (χ0v) is 18.1. The summed E-state index contributed by atoms with van der Waals surface area (Å²) in [6.07, 6.45) is 3.27. The lowest BCUT2D eigenvalue weighted by molar-refractivity contribution is 0.102. The van der Waals surface area contributed by atoms with Crippen LogP contribution in [0.3, 0.4) is 0 Å². The van der Waals surface area contributed by atoms with Crippen LogP contribution in [0, 0.1) is 12.7 Å². The van der Waals surface area contributed by atoms with Gasteiger partial charge in [0, 0.05) is 16.8 Å². The Kier molecular flexibility index (Phi) is 6.52. The molecule has 1 heterocycles.